The molecule has 55 heavy (non-hydrogen) atoms. The summed E-state index contributed by atoms with van der Waals surface area (Å²) in [6.07, 6.45) is -1.49. The van der Waals surface area contributed by atoms with Gasteiger partial charge >= 0.3 is 6.09 Å². The van der Waals surface area contributed by atoms with Gasteiger partial charge in [0.25, 0.3) is 17.7 Å². The number of alkyl halides is 3. The van der Waals surface area contributed by atoms with Crippen molar-refractivity contribution in [2.45, 2.75) is 41.7 Å². The highest BCUT2D eigenvalue weighted by atomic mass is 35.6. The Bertz CT molecular complexity index is 1990. The van der Waals surface area contributed by atoms with E-state index in [0.717, 1.165) is 4.90 Å². The molecule has 0 aliphatic carbocycles. The Morgan fingerprint density at radius 2 is 1.64 bits per heavy atom. The van der Waals surface area contributed by atoms with E-state index >= 15 is 0 Å². The number of hydrogen-bond donors (Lipinski definition) is 6. The highest BCUT2D eigenvalue weighted by Gasteiger charge is 2.45. The minimum absolute atomic E-state index is 0.0319. The van der Waals surface area contributed by atoms with E-state index in [2.05, 4.69) is 16.0 Å². The number of halogens is 3. The molecule has 4 heterocycles. The van der Waals surface area contributed by atoms with E-state index in [9.17, 15) is 29.1 Å². The van der Waals surface area contributed by atoms with Crippen LogP contribution in [0, 0.1) is 5.41 Å². The number of rotatable bonds is 13. The standard InChI is InChI=1S/C34H40Cl3N9O9/c1-43-19(29(48)40-12-10-25(38)39)6-9-27(43)42-30(49)20-7-8-26(44(20)2)41-28(47)11-14-54-24-16-22-18(15-23(24)53-3)31(50)45-13-4-5-21(45)32(51)46(22)33(52)55-17-34(35,36)37/h6-9,15-16,21,32,51H,4-5,10-14,17H2,1-3H3,(H3,38,39)(H,40,48)(H,41,47)(H,42,49)/t21-,32-/m0/s1. The summed E-state index contributed by atoms with van der Waals surface area (Å²) in [4.78, 5) is 68.0. The van der Waals surface area contributed by atoms with Crippen LogP contribution in [0.3, 0.4) is 0 Å². The molecule has 3 aromatic rings. The lowest BCUT2D eigenvalue weighted by molar-refractivity contribution is -0.116. The topological polar surface area (TPSA) is 236 Å². The maximum absolute atomic E-state index is 13.6. The van der Waals surface area contributed by atoms with E-state index in [1.807, 2.05) is 0 Å². The van der Waals surface area contributed by atoms with Gasteiger partial charge in [0.1, 0.15) is 29.6 Å². The van der Waals surface area contributed by atoms with Crippen molar-refractivity contribution in [3.8, 4) is 11.5 Å². The SMILES string of the molecule is COc1cc2c(cc1OCCC(=O)Nc1ccc(C(=O)Nc3ccc(C(=O)NCCC(=N)N)n3C)n1C)N(C(=O)OCC(Cl)(Cl)Cl)[C@@H](O)[C@@H]1CCCN1C2=O. The van der Waals surface area contributed by atoms with Gasteiger partial charge in [-0.25, -0.2) is 9.69 Å². The number of carbonyl (C=O) groups excluding carboxylic acids is 5. The van der Waals surface area contributed by atoms with Crippen molar-refractivity contribution in [3.63, 3.8) is 0 Å². The molecular formula is C34H40Cl3N9O9. The molecule has 2 aromatic heterocycles. The highest BCUT2D eigenvalue weighted by molar-refractivity contribution is 6.67. The number of anilines is 3. The monoisotopic (exact) mass is 823 g/mol. The van der Waals surface area contributed by atoms with Crippen molar-refractivity contribution in [1.82, 2.24) is 19.4 Å². The number of amides is 5. The molecule has 1 saturated heterocycles. The van der Waals surface area contributed by atoms with E-state index in [4.69, 9.17) is 60.2 Å². The van der Waals surface area contributed by atoms with Crippen LogP contribution in [0.5, 0.6) is 11.5 Å². The second-order valence-electron chi connectivity index (χ2n) is 12.6. The number of aliphatic hydroxyl groups is 1. The Balaban J connectivity index is 1.24. The Labute approximate surface area is 330 Å². The fourth-order valence-corrected chi connectivity index (χ4v) is 6.37. The lowest BCUT2D eigenvalue weighted by atomic mass is 10.1. The minimum atomic E-state index is -1.93. The van der Waals surface area contributed by atoms with Gasteiger partial charge in [-0.2, -0.15) is 0 Å². The Kier molecular flexibility index (Phi) is 12.7. The van der Waals surface area contributed by atoms with E-state index in [1.54, 1.807) is 32.3 Å². The van der Waals surface area contributed by atoms with Crippen LogP contribution in [0.2, 0.25) is 0 Å². The second kappa shape index (κ2) is 17.1. The van der Waals surface area contributed by atoms with Crippen molar-refractivity contribution < 1.29 is 43.3 Å². The smallest absolute Gasteiger partial charge is 0.416 e. The van der Waals surface area contributed by atoms with Gasteiger partial charge in [0.2, 0.25) is 9.70 Å². The molecule has 21 heteroatoms. The van der Waals surface area contributed by atoms with Crippen LogP contribution in [-0.2, 0) is 23.6 Å². The predicted octanol–water partition coefficient (Wildman–Crippen LogP) is 3.34. The number of carbonyl (C=O) groups is 5. The zero-order valence-electron chi connectivity index (χ0n) is 30.0. The summed E-state index contributed by atoms with van der Waals surface area (Å²) in [5, 5.41) is 26.8. The molecule has 0 radical (unpaired) electrons. The van der Waals surface area contributed by atoms with Gasteiger partial charge in [-0.1, -0.05) is 34.8 Å². The van der Waals surface area contributed by atoms with Gasteiger partial charge in [0, 0.05) is 39.7 Å². The number of methoxy groups -OCH3 is 1. The van der Waals surface area contributed by atoms with Crippen LogP contribution in [0.25, 0.3) is 0 Å². The zero-order valence-corrected chi connectivity index (χ0v) is 32.3. The zero-order chi connectivity index (χ0) is 40.2. The first-order chi connectivity index (χ1) is 26.0. The number of nitrogens with zero attached hydrogens (tertiary/aromatic N) is 4. The molecule has 0 unspecified atom stereocenters. The molecular weight excluding hydrogens is 785 g/mol. The first kappa shape index (κ1) is 41.0. The largest absolute Gasteiger partial charge is 0.493 e. The number of hydrogen-bond acceptors (Lipinski definition) is 10. The molecule has 18 nitrogen and oxygen atoms in total. The van der Waals surface area contributed by atoms with Gasteiger partial charge in [0.05, 0.1) is 43.3 Å². The van der Waals surface area contributed by atoms with Crippen LogP contribution >= 0.6 is 34.8 Å². The number of nitrogens with one attached hydrogen (secondary N) is 4. The number of amidine groups is 1. The Morgan fingerprint density at radius 3 is 2.27 bits per heavy atom. The summed E-state index contributed by atoms with van der Waals surface area (Å²) in [6, 6.07) is 8.18. The molecule has 7 N–H and O–H groups in total. The van der Waals surface area contributed by atoms with Crippen LogP contribution in [0.4, 0.5) is 22.1 Å². The summed E-state index contributed by atoms with van der Waals surface area (Å²) in [7, 11) is 4.56. The van der Waals surface area contributed by atoms with Crippen molar-refractivity contribution in [1.29, 1.82) is 5.41 Å². The lowest BCUT2D eigenvalue weighted by Gasteiger charge is -2.32. The molecule has 1 fully saturated rings. The molecule has 0 bridgehead atoms. The van der Waals surface area contributed by atoms with Crippen molar-refractivity contribution in [2.75, 3.05) is 48.9 Å². The Hall–Kier alpha value is -5.17. The van der Waals surface area contributed by atoms with E-state index in [-0.39, 0.29) is 66.0 Å². The average Bonchev–Trinajstić information content (AvgIpc) is 3.84. The number of aromatic nitrogens is 2. The van der Waals surface area contributed by atoms with Gasteiger partial charge in [0.15, 0.2) is 17.7 Å². The van der Waals surface area contributed by atoms with E-state index in [0.29, 0.717) is 31.0 Å². The maximum atomic E-state index is 13.6. The number of aliphatic hydroxyl groups excluding tert-OH is 1. The van der Waals surface area contributed by atoms with Crippen molar-refractivity contribution in [2.24, 2.45) is 19.8 Å². The average molecular weight is 825 g/mol. The molecule has 5 amide bonds. The molecule has 2 aliphatic rings. The number of fused-ring (bicyclic) bond motifs is 2. The number of nitrogens with two attached hydrogens (primary N) is 1. The molecule has 2 aliphatic heterocycles. The third kappa shape index (κ3) is 9.38. The van der Waals surface area contributed by atoms with Gasteiger partial charge < -0.3 is 55.0 Å². The minimum Gasteiger partial charge on any atom is -0.493 e. The first-order valence-electron chi connectivity index (χ1n) is 16.9. The van der Waals surface area contributed by atoms with Crippen LogP contribution in [0.15, 0.2) is 36.4 Å². The van der Waals surface area contributed by atoms with Crippen molar-refractivity contribution in [3.05, 3.63) is 53.3 Å². The molecule has 1 aromatic carbocycles. The maximum Gasteiger partial charge on any atom is 0.416 e. The summed E-state index contributed by atoms with van der Waals surface area (Å²) in [6.45, 7) is -0.255. The lowest BCUT2D eigenvalue weighted by Crippen LogP contribution is -2.51. The predicted molar refractivity (Wildman–Crippen MR) is 204 cm³/mol. The highest BCUT2D eigenvalue weighted by Crippen LogP contribution is 2.41. The molecule has 2 atom stereocenters. The van der Waals surface area contributed by atoms with Gasteiger partial charge in [-0.3, -0.25) is 24.6 Å². The fourth-order valence-electron chi connectivity index (χ4n) is 6.21. The van der Waals surface area contributed by atoms with Gasteiger partial charge in [-0.15, -0.1) is 0 Å². The van der Waals surface area contributed by atoms with Gasteiger partial charge in [-0.05, 0) is 43.2 Å². The van der Waals surface area contributed by atoms with Crippen LogP contribution in [0.1, 0.15) is 57.0 Å². The third-order valence-corrected chi connectivity index (χ3v) is 9.31. The number of ether oxygens (including phenoxy) is 3. The first-order valence-corrected chi connectivity index (χ1v) is 18.0. The third-order valence-electron chi connectivity index (χ3n) is 8.98. The summed E-state index contributed by atoms with van der Waals surface area (Å²) < 4.78 is 17.6. The summed E-state index contributed by atoms with van der Waals surface area (Å²) in [5.41, 5.74) is 5.84. The van der Waals surface area contributed by atoms with Crippen molar-refractivity contribution >= 4 is 87.7 Å². The number of benzene rings is 1. The Morgan fingerprint density at radius 1 is 0.982 bits per heavy atom. The van der Waals surface area contributed by atoms with E-state index < -0.39 is 52.4 Å². The normalized spacial score (nSPS) is 16.5. The second-order valence-corrected chi connectivity index (χ2v) is 15.2. The quantitative estimate of drug-likeness (QED) is 0.0836. The molecule has 296 valence electrons. The van der Waals surface area contributed by atoms with Crippen LogP contribution in [-0.4, -0.2) is 104 Å². The van der Waals surface area contributed by atoms with Crippen LogP contribution < -0.4 is 36.1 Å². The fraction of sp³-hybridized carbons (Fsp3) is 0.412. The molecule has 5 rings (SSSR count). The molecule has 0 spiro atoms. The molecule has 0 saturated carbocycles. The summed E-state index contributed by atoms with van der Waals surface area (Å²) >= 11 is 17.4. The summed E-state index contributed by atoms with van der Waals surface area (Å²) in [5.74, 6) is -0.998. The van der Waals surface area contributed by atoms with E-state index in [1.165, 1.54) is 39.3 Å².